The molecule has 0 spiro atoms. The molecule has 144 valence electrons. The number of anilines is 1. The molecule has 6 nitrogen and oxygen atoms in total. The van der Waals surface area contributed by atoms with Crippen LogP contribution in [0.2, 0.25) is 0 Å². The number of ether oxygens (including phenoxy) is 2. The van der Waals surface area contributed by atoms with Gasteiger partial charge in [-0.15, -0.1) is 0 Å². The van der Waals surface area contributed by atoms with Crippen LogP contribution in [-0.2, 0) is 21.4 Å². The molecule has 0 aliphatic heterocycles. The van der Waals surface area contributed by atoms with Crippen LogP contribution in [0, 0.1) is 6.92 Å². The van der Waals surface area contributed by atoms with Gasteiger partial charge in [-0.05, 0) is 31.0 Å². The van der Waals surface area contributed by atoms with Gasteiger partial charge in [-0.25, -0.2) is 12.7 Å². The van der Waals surface area contributed by atoms with Gasteiger partial charge in [0.15, 0.2) is 0 Å². The highest BCUT2D eigenvalue weighted by Crippen LogP contribution is 2.40. The molecule has 1 aromatic carbocycles. The lowest BCUT2D eigenvalue weighted by Gasteiger charge is -2.21. The second-order valence-corrected chi connectivity index (χ2v) is 8.09. The van der Waals surface area contributed by atoms with Gasteiger partial charge in [-0.3, -0.25) is 0 Å². The number of sulfonamides is 1. The summed E-state index contributed by atoms with van der Waals surface area (Å²) in [5.74, 6) is 1.70. The van der Waals surface area contributed by atoms with Crippen molar-refractivity contribution in [2.24, 2.45) is 0 Å². The number of hydrogen-bond acceptors (Lipinski definition) is 5. The second kappa shape index (κ2) is 8.60. The van der Waals surface area contributed by atoms with Crippen LogP contribution in [0.3, 0.4) is 0 Å². The Kier molecular flexibility index (Phi) is 6.72. The molecular weight excluding hydrogens is 354 g/mol. The molecule has 2 aromatic rings. The molecule has 1 heterocycles. The topological polar surface area (TPSA) is 69.0 Å². The highest BCUT2D eigenvalue weighted by molar-refractivity contribution is 7.92. The van der Waals surface area contributed by atoms with Gasteiger partial charge < -0.3 is 13.9 Å². The number of nitrogens with zero attached hydrogens (tertiary/aromatic N) is 1. The number of benzene rings is 1. The maximum absolute atomic E-state index is 12.4. The first kappa shape index (κ1) is 20.3. The second-order valence-electron chi connectivity index (χ2n) is 6.18. The van der Waals surface area contributed by atoms with Crippen LogP contribution >= 0.6 is 0 Å². The summed E-state index contributed by atoms with van der Waals surface area (Å²) in [6.07, 6.45) is 2.83. The molecule has 0 atom stereocenters. The highest BCUT2D eigenvalue weighted by Gasteiger charge is 2.28. The standard InChI is InChI=1S/C19H27NO5S/c1-6-7-12-20(26(5,21)22)19-18(14(2)17(25-19)13-23-3)15-8-10-16(24-4)11-9-15/h8-11H,6-7,12-13H2,1-5H3. The number of hydrogen-bond donors (Lipinski definition) is 0. The monoisotopic (exact) mass is 381 g/mol. The van der Waals surface area contributed by atoms with Crippen LogP contribution in [0.4, 0.5) is 5.88 Å². The number of methoxy groups -OCH3 is 2. The van der Waals surface area contributed by atoms with Crippen LogP contribution in [-0.4, -0.2) is 35.4 Å². The van der Waals surface area contributed by atoms with Gasteiger partial charge in [0.1, 0.15) is 18.1 Å². The van der Waals surface area contributed by atoms with Crippen molar-refractivity contribution in [3.05, 3.63) is 35.6 Å². The lowest BCUT2D eigenvalue weighted by Crippen LogP contribution is -2.30. The summed E-state index contributed by atoms with van der Waals surface area (Å²) in [6.45, 7) is 4.59. The molecule has 2 rings (SSSR count). The maximum Gasteiger partial charge on any atom is 0.234 e. The lowest BCUT2D eigenvalue weighted by atomic mass is 10.0. The molecule has 0 radical (unpaired) electrons. The Morgan fingerprint density at radius 1 is 1.15 bits per heavy atom. The van der Waals surface area contributed by atoms with E-state index in [1.807, 2.05) is 38.1 Å². The van der Waals surface area contributed by atoms with Gasteiger partial charge in [-0.2, -0.15) is 0 Å². The van der Waals surface area contributed by atoms with E-state index in [0.717, 1.165) is 35.3 Å². The average molecular weight is 381 g/mol. The van der Waals surface area contributed by atoms with Gasteiger partial charge in [0, 0.05) is 24.8 Å². The summed E-state index contributed by atoms with van der Waals surface area (Å²) in [6, 6.07) is 7.49. The molecule has 0 fully saturated rings. The van der Waals surface area contributed by atoms with Crippen LogP contribution in [0.15, 0.2) is 28.7 Å². The fourth-order valence-corrected chi connectivity index (χ4v) is 3.70. The molecule has 7 heteroatoms. The van der Waals surface area contributed by atoms with Crippen molar-refractivity contribution in [2.45, 2.75) is 33.3 Å². The maximum atomic E-state index is 12.4. The molecular formula is C19H27NO5S. The molecule has 1 aromatic heterocycles. The van der Waals surface area contributed by atoms with Gasteiger partial charge >= 0.3 is 0 Å². The van der Waals surface area contributed by atoms with Gasteiger partial charge in [-0.1, -0.05) is 25.5 Å². The van der Waals surface area contributed by atoms with Crippen molar-refractivity contribution < 1.29 is 22.3 Å². The summed E-state index contributed by atoms with van der Waals surface area (Å²) < 4.78 is 42.6. The van der Waals surface area contributed by atoms with Crippen molar-refractivity contribution in [1.82, 2.24) is 0 Å². The van der Waals surface area contributed by atoms with Crippen molar-refractivity contribution in [3.8, 4) is 16.9 Å². The predicted molar refractivity (Wildman–Crippen MR) is 103 cm³/mol. The Morgan fingerprint density at radius 2 is 1.81 bits per heavy atom. The SMILES string of the molecule is CCCCN(c1oc(COC)c(C)c1-c1ccc(OC)cc1)S(C)(=O)=O. The van der Waals surface area contributed by atoms with E-state index in [4.69, 9.17) is 13.9 Å². The predicted octanol–water partition coefficient (Wildman–Crippen LogP) is 3.98. The third-order valence-electron chi connectivity index (χ3n) is 4.22. The minimum absolute atomic E-state index is 0.278. The van der Waals surface area contributed by atoms with Gasteiger partial charge in [0.05, 0.1) is 13.4 Å². The zero-order valence-electron chi connectivity index (χ0n) is 16.0. The van der Waals surface area contributed by atoms with Crippen molar-refractivity contribution in [2.75, 3.05) is 31.3 Å². The van der Waals surface area contributed by atoms with E-state index < -0.39 is 10.0 Å². The van der Waals surface area contributed by atoms with Crippen molar-refractivity contribution >= 4 is 15.9 Å². The summed E-state index contributed by atoms with van der Waals surface area (Å²) in [5.41, 5.74) is 2.51. The summed E-state index contributed by atoms with van der Waals surface area (Å²) in [5, 5.41) is 0. The first-order valence-corrected chi connectivity index (χ1v) is 10.4. The largest absolute Gasteiger partial charge is 0.497 e. The van der Waals surface area contributed by atoms with Gasteiger partial charge in [0.2, 0.25) is 15.9 Å². The van der Waals surface area contributed by atoms with E-state index in [0.29, 0.717) is 18.2 Å². The quantitative estimate of drug-likeness (QED) is 0.657. The van der Waals surface area contributed by atoms with E-state index >= 15 is 0 Å². The smallest absolute Gasteiger partial charge is 0.234 e. The van der Waals surface area contributed by atoms with Gasteiger partial charge in [0.25, 0.3) is 0 Å². The average Bonchev–Trinajstić information content (AvgIpc) is 2.91. The Balaban J connectivity index is 2.64. The molecule has 0 aliphatic carbocycles. The Labute approximate surface area is 155 Å². The fourth-order valence-electron chi connectivity index (χ4n) is 2.81. The molecule has 0 amide bonds. The summed E-state index contributed by atoms with van der Waals surface area (Å²) >= 11 is 0. The first-order valence-electron chi connectivity index (χ1n) is 8.56. The number of unbranched alkanes of at least 4 members (excludes halogenated alkanes) is 1. The Bertz CT molecular complexity index is 824. The highest BCUT2D eigenvalue weighted by atomic mass is 32.2. The van der Waals surface area contributed by atoms with Crippen molar-refractivity contribution in [1.29, 1.82) is 0 Å². The molecule has 0 unspecified atom stereocenters. The minimum atomic E-state index is -3.48. The lowest BCUT2D eigenvalue weighted by molar-refractivity contribution is 0.164. The van der Waals surface area contributed by atoms with E-state index in [1.165, 1.54) is 10.6 Å². The van der Waals surface area contributed by atoms with E-state index in [2.05, 4.69) is 0 Å². The van der Waals surface area contributed by atoms with E-state index in [9.17, 15) is 8.42 Å². The van der Waals surface area contributed by atoms with Crippen LogP contribution in [0.25, 0.3) is 11.1 Å². The molecule has 0 aliphatic rings. The Hall–Kier alpha value is -1.99. The van der Waals surface area contributed by atoms with E-state index in [1.54, 1.807) is 14.2 Å². The van der Waals surface area contributed by atoms with E-state index in [-0.39, 0.29) is 6.61 Å². The number of furan rings is 1. The van der Waals surface area contributed by atoms with Crippen molar-refractivity contribution in [3.63, 3.8) is 0 Å². The molecule has 0 saturated heterocycles. The zero-order valence-corrected chi connectivity index (χ0v) is 16.9. The summed E-state index contributed by atoms with van der Waals surface area (Å²) in [7, 11) is -0.287. The third-order valence-corrected chi connectivity index (χ3v) is 5.37. The minimum Gasteiger partial charge on any atom is -0.497 e. The third kappa shape index (κ3) is 4.40. The molecule has 26 heavy (non-hydrogen) atoms. The van der Waals surface area contributed by atoms with Crippen LogP contribution in [0.1, 0.15) is 31.1 Å². The molecule has 0 bridgehead atoms. The molecule has 0 saturated carbocycles. The normalized spacial score (nSPS) is 11.6. The zero-order chi connectivity index (χ0) is 19.3. The fraction of sp³-hybridized carbons (Fsp3) is 0.474. The van der Waals surface area contributed by atoms with Crippen LogP contribution in [0.5, 0.6) is 5.75 Å². The number of rotatable bonds is 9. The summed E-state index contributed by atoms with van der Waals surface area (Å²) in [4.78, 5) is 0. The first-order chi connectivity index (χ1) is 12.3. The Morgan fingerprint density at radius 3 is 2.31 bits per heavy atom. The van der Waals surface area contributed by atoms with Crippen LogP contribution < -0.4 is 9.04 Å². The molecule has 0 N–H and O–H groups in total.